The number of benzene rings is 1. The molecular weight excluding hydrogens is 523 g/mol. The van der Waals surface area contributed by atoms with E-state index in [4.69, 9.17) is 0 Å². The first-order valence-corrected chi connectivity index (χ1v) is 13.6. The van der Waals surface area contributed by atoms with Crippen LogP contribution >= 0.6 is 11.8 Å². The smallest absolute Gasteiger partial charge is 0.291 e. The van der Waals surface area contributed by atoms with Gasteiger partial charge in [-0.15, -0.1) is 11.8 Å². The number of fused-ring (bicyclic) bond motifs is 2. The number of aryl methyl sites for hydroxylation is 2. The number of rotatable bonds is 5. The van der Waals surface area contributed by atoms with Crippen molar-refractivity contribution in [3.05, 3.63) is 94.8 Å². The second-order valence-corrected chi connectivity index (χ2v) is 11.7. The Bertz CT molecular complexity index is 1590. The van der Waals surface area contributed by atoms with Crippen LogP contribution in [0.1, 0.15) is 52.1 Å². The van der Waals surface area contributed by atoms with E-state index in [9.17, 15) is 18.0 Å². The molecule has 0 radical (unpaired) electrons. The van der Waals surface area contributed by atoms with Crippen LogP contribution in [0.15, 0.2) is 71.7 Å². The minimum atomic E-state index is -4.56. The van der Waals surface area contributed by atoms with Crippen molar-refractivity contribution in [2.45, 2.75) is 48.9 Å². The van der Waals surface area contributed by atoms with Crippen molar-refractivity contribution in [2.24, 2.45) is 12.5 Å². The van der Waals surface area contributed by atoms with Gasteiger partial charge in [0.05, 0.1) is 34.8 Å². The summed E-state index contributed by atoms with van der Waals surface area (Å²) < 4.78 is 44.2. The molecule has 0 spiro atoms. The number of carbonyl (C=O) groups excluding carboxylic acids is 1. The fraction of sp³-hybridized carbons (Fsp3) is 0.310. The molecule has 0 bridgehead atoms. The fourth-order valence-electron chi connectivity index (χ4n) is 5.68. The summed E-state index contributed by atoms with van der Waals surface area (Å²) >= 11 is 1.66. The van der Waals surface area contributed by atoms with Gasteiger partial charge in [0.25, 0.3) is 0 Å². The summed E-state index contributed by atoms with van der Waals surface area (Å²) in [5.74, 6) is -0.370. The normalized spacial score (nSPS) is 20.7. The highest BCUT2D eigenvalue weighted by atomic mass is 32.2. The molecule has 1 aromatic carbocycles. The summed E-state index contributed by atoms with van der Waals surface area (Å²) in [6, 6.07) is 9.83. The van der Waals surface area contributed by atoms with Gasteiger partial charge in [-0.1, -0.05) is 23.3 Å². The van der Waals surface area contributed by atoms with Crippen molar-refractivity contribution in [3.8, 4) is 5.69 Å². The third kappa shape index (κ3) is 4.71. The van der Waals surface area contributed by atoms with Crippen molar-refractivity contribution >= 4 is 23.6 Å². The summed E-state index contributed by atoms with van der Waals surface area (Å²) in [6.07, 6.45) is 6.39. The minimum absolute atomic E-state index is 0.0924. The van der Waals surface area contributed by atoms with Crippen LogP contribution in [0.4, 0.5) is 13.2 Å². The van der Waals surface area contributed by atoms with Gasteiger partial charge in [-0.2, -0.15) is 23.4 Å². The molecular formula is C29H26F3N5OS. The van der Waals surface area contributed by atoms with Crippen molar-refractivity contribution in [1.82, 2.24) is 24.5 Å². The lowest BCUT2D eigenvalue weighted by atomic mass is 9.61. The fourth-order valence-corrected chi connectivity index (χ4v) is 6.99. The van der Waals surface area contributed by atoms with E-state index in [1.54, 1.807) is 28.8 Å². The molecule has 2 atom stereocenters. The number of carbonyl (C=O) groups is 1. The molecule has 2 aliphatic rings. The van der Waals surface area contributed by atoms with Gasteiger partial charge >= 0.3 is 6.18 Å². The Hall–Kier alpha value is -3.66. The second kappa shape index (κ2) is 9.51. The molecule has 10 heteroatoms. The van der Waals surface area contributed by atoms with Gasteiger partial charge in [-0.25, -0.2) is 4.68 Å². The zero-order valence-corrected chi connectivity index (χ0v) is 22.3. The molecule has 0 N–H and O–H groups in total. The number of allylic oxidation sites excluding steroid dienone is 1. The van der Waals surface area contributed by atoms with Gasteiger partial charge in [-0.05, 0) is 68.5 Å². The number of nitrogens with zero attached hydrogens (tertiary/aromatic N) is 5. The lowest BCUT2D eigenvalue weighted by Crippen LogP contribution is -2.43. The maximum absolute atomic E-state index is 14.2. The zero-order valence-electron chi connectivity index (χ0n) is 21.4. The summed E-state index contributed by atoms with van der Waals surface area (Å²) in [7, 11) is 1.85. The average Bonchev–Trinajstić information content (AvgIpc) is 3.52. The van der Waals surface area contributed by atoms with Crippen LogP contribution in [0.25, 0.3) is 11.8 Å². The first-order chi connectivity index (χ1) is 18.6. The van der Waals surface area contributed by atoms with Crippen LogP contribution in [-0.2, 0) is 19.6 Å². The lowest BCUT2D eigenvalue weighted by Gasteiger charge is -2.43. The third-order valence-corrected chi connectivity index (χ3v) is 8.85. The summed E-state index contributed by atoms with van der Waals surface area (Å²) in [4.78, 5) is 19.4. The number of ketones is 1. The number of halogens is 3. The van der Waals surface area contributed by atoms with Crippen LogP contribution in [0, 0.1) is 12.3 Å². The molecule has 39 heavy (non-hydrogen) atoms. The number of hydrogen-bond donors (Lipinski definition) is 0. The number of thioether (sulfide) groups is 1. The topological polar surface area (TPSA) is 65.6 Å². The van der Waals surface area contributed by atoms with Gasteiger partial charge in [0.15, 0.2) is 5.78 Å². The quantitative estimate of drug-likeness (QED) is 0.267. The van der Waals surface area contributed by atoms with Gasteiger partial charge in [0.1, 0.15) is 5.69 Å². The molecule has 1 fully saturated rings. The Balaban J connectivity index is 1.42. The summed E-state index contributed by atoms with van der Waals surface area (Å²) in [6.45, 7) is 2.02. The third-order valence-electron chi connectivity index (χ3n) is 7.63. The van der Waals surface area contributed by atoms with E-state index in [0.717, 1.165) is 57.7 Å². The lowest BCUT2D eigenvalue weighted by molar-refractivity contribution is -0.137. The molecule has 2 aliphatic carbocycles. The zero-order chi connectivity index (χ0) is 27.4. The van der Waals surface area contributed by atoms with E-state index in [-0.39, 0.29) is 16.7 Å². The van der Waals surface area contributed by atoms with Gasteiger partial charge in [0.2, 0.25) is 0 Å². The van der Waals surface area contributed by atoms with Crippen molar-refractivity contribution < 1.29 is 18.0 Å². The Kier molecular flexibility index (Phi) is 6.25. The summed E-state index contributed by atoms with van der Waals surface area (Å²) in [5, 5.41) is 8.98. The molecule has 0 saturated heterocycles. The predicted molar refractivity (Wildman–Crippen MR) is 143 cm³/mol. The second-order valence-electron chi connectivity index (χ2n) is 10.3. The number of hydrogen-bond acceptors (Lipinski definition) is 5. The molecule has 1 saturated carbocycles. The SMILES string of the molecule is Cc1ccc(-n2ncc3c2C=C2CC[C@H](Sc4cnn(C)c4)C[C@@]2(C(=O)c2cc(C(F)(F)F)ccn2)C3)cc1. The van der Waals surface area contributed by atoms with E-state index in [1.807, 2.05) is 55.2 Å². The Morgan fingerprint density at radius 1 is 1.13 bits per heavy atom. The Morgan fingerprint density at radius 2 is 1.92 bits per heavy atom. The van der Waals surface area contributed by atoms with Gasteiger partial charge < -0.3 is 0 Å². The van der Waals surface area contributed by atoms with E-state index >= 15 is 0 Å². The van der Waals surface area contributed by atoms with E-state index in [2.05, 4.69) is 15.2 Å². The molecule has 4 aromatic rings. The van der Waals surface area contributed by atoms with E-state index < -0.39 is 17.2 Å². The van der Waals surface area contributed by atoms with Gasteiger partial charge in [0, 0.05) is 29.6 Å². The largest absolute Gasteiger partial charge is 0.416 e. The standard InChI is InChI=1S/C29H26F3N5OS/c1-18-3-6-22(7-4-18)37-26-12-20-5-8-23(39-24-16-34-36(2)17-24)14-28(20,13-19(26)15-35-37)27(38)25-11-21(9-10-33-25)29(30,31)32/h3-4,6-7,9-12,15-17,23H,5,8,13-14H2,1-2H3/t23-,28-/m0/s1. The molecule has 6 rings (SSSR count). The highest BCUT2D eigenvalue weighted by Gasteiger charge is 2.50. The van der Waals surface area contributed by atoms with Gasteiger partial charge in [-0.3, -0.25) is 14.5 Å². The molecule has 200 valence electrons. The van der Waals surface area contributed by atoms with Crippen LogP contribution < -0.4 is 0 Å². The van der Waals surface area contributed by atoms with Crippen molar-refractivity contribution in [3.63, 3.8) is 0 Å². The predicted octanol–water partition coefficient (Wildman–Crippen LogP) is 6.48. The van der Waals surface area contributed by atoms with Crippen molar-refractivity contribution in [2.75, 3.05) is 0 Å². The number of pyridine rings is 1. The molecule has 0 aliphatic heterocycles. The Labute approximate surface area is 227 Å². The minimum Gasteiger partial charge on any atom is -0.291 e. The molecule has 0 unspecified atom stereocenters. The summed E-state index contributed by atoms with van der Waals surface area (Å²) in [5.41, 5.74) is 2.76. The molecule has 6 nitrogen and oxygen atoms in total. The van der Waals surface area contributed by atoms with E-state index in [0.29, 0.717) is 19.3 Å². The number of alkyl halides is 3. The number of Topliss-reactive ketones (excluding diaryl/α,β-unsaturated/α-hetero) is 1. The highest BCUT2D eigenvalue weighted by molar-refractivity contribution is 8.00. The monoisotopic (exact) mass is 549 g/mol. The number of aromatic nitrogens is 5. The molecule has 3 aromatic heterocycles. The molecule has 3 heterocycles. The first kappa shape index (κ1) is 25.6. The van der Waals surface area contributed by atoms with Crippen LogP contribution in [-0.4, -0.2) is 35.6 Å². The van der Waals surface area contributed by atoms with Crippen LogP contribution in [0.2, 0.25) is 0 Å². The van der Waals surface area contributed by atoms with Crippen LogP contribution in [0.5, 0.6) is 0 Å². The molecule has 0 amide bonds. The van der Waals surface area contributed by atoms with Crippen LogP contribution in [0.3, 0.4) is 0 Å². The van der Waals surface area contributed by atoms with E-state index in [1.165, 1.54) is 0 Å². The maximum atomic E-state index is 14.2. The van der Waals surface area contributed by atoms with Crippen molar-refractivity contribution in [1.29, 1.82) is 0 Å². The average molecular weight is 550 g/mol. The maximum Gasteiger partial charge on any atom is 0.416 e. The first-order valence-electron chi connectivity index (χ1n) is 12.7. The highest BCUT2D eigenvalue weighted by Crippen LogP contribution is 2.53. The Morgan fingerprint density at radius 3 is 2.64 bits per heavy atom.